The topological polar surface area (TPSA) is 58.9 Å². The van der Waals surface area contributed by atoms with Gasteiger partial charge in [0.05, 0.1) is 12.7 Å². The van der Waals surface area contributed by atoms with Gasteiger partial charge in [-0.1, -0.05) is 0 Å². The Balaban J connectivity index is 2.21. The summed E-state index contributed by atoms with van der Waals surface area (Å²) < 4.78 is 10.5. The van der Waals surface area contributed by atoms with Crippen molar-refractivity contribution in [3.8, 4) is 0 Å². The Morgan fingerprint density at radius 2 is 2.18 bits per heavy atom. The molecule has 0 aliphatic carbocycles. The zero-order chi connectivity index (χ0) is 8.06. The summed E-state index contributed by atoms with van der Waals surface area (Å²) in [6.45, 7) is 2.12. The average Bonchev–Trinajstić information content (AvgIpc) is 2.27. The molecule has 4 nitrogen and oxygen atoms in total. The molecule has 2 saturated heterocycles. The highest BCUT2D eigenvalue weighted by atomic mass is 16.7. The summed E-state index contributed by atoms with van der Waals surface area (Å²) in [6.07, 6.45) is -1.47. The van der Waals surface area contributed by atoms with Crippen LogP contribution in [-0.2, 0) is 9.47 Å². The van der Waals surface area contributed by atoms with Gasteiger partial charge in [-0.15, -0.1) is 0 Å². The van der Waals surface area contributed by atoms with Crippen LogP contribution >= 0.6 is 0 Å². The van der Waals surface area contributed by atoms with E-state index in [0.29, 0.717) is 13.0 Å². The van der Waals surface area contributed by atoms with Crippen molar-refractivity contribution in [3.63, 3.8) is 0 Å². The van der Waals surface area contributed by atoms with Gasteiger partial charge in [-0.2, -0.15) is 0 Å². The van der Waals surface area contributed by atoms with Gasteiger partial charge in [-0.05, 0) is 6.92 Å². The van der Waals surface area contributed by atoms with Crippen LogP contribution in [0.1, 0.15) is 13.3 Å². The Morgan fingerprint density at radius 3 is 2.91 bits per heavy atom. The van der Waals surface area contributed by atoms with Crippen LogP contribution in [0.25, 0.3) is 0 Å². The van der Waals surface area contributed by atoms with E-state index in [9.17, 15) is 10.2 Å². The maximum Gasteiger partial charge on any atom is 0.161 e. The van der Waals surface area contributed by atoms with Gasteiger partial charge in [0.15, 0.2) is 6.29 Å². The molecule has 0 aromatic rings. The fourth-order valence-electron chi connectivity index (χ4n) is 1.63. The number of hydrogen-bond acceptors (Lipinski definition) is 4. The lowest BCUT2D eigenvalue weighted by molar-refractivity contribution is -0.202. The van der Waals surface area contributed by atoms with Crippen LogP contribution in [-0.4, -0.2) is 40.9 Å². The molecule has 4 heteroatoms. The first kappa shape index (κ1) is 7.49. The standard InChI is InChI=1S/C7H12O4/c1-7-3-10-5(11-7)2-4(8)6(7)9/h4-6,8-9H,2-3H2,1H3/t4-,5+,6-,7+/m1/s1. The summed E-state index contributed by atoms with van der Waals surface area (Å²) in [4.78, 5) is 0. The molecule has 2 bridgehead atoms. The van der Waals surface area contributed by atoms with E-state index in [1.165, 1.54) is 0 Å². The first-order valence-corrected chi connectivity index (χ1v) is 3.77. The van der Waals surface area contributed by atoms with E-state index in [4.69, 9.17) is 9.47 Å². The molecule has 0 amide bonds. The van der Waals surface area contributed by atoms with Gasteiger partial charge in [0.2, 0.25) is 0 Å². The second-order valence-corrected chi connectivity index (χ2v) is 3.42. The second kappa shape index (κ2) is 2.17. The lowest BCUT2D eigenvalue weighted by Gasteiger charge is -2.35. The highest BCUT2D eigenvalue weighted by Crippen LogP contribution is 2.35. The quantitative estimate of drug-likeness (QED) is 0.489. The fourth-order valence-corrected chi connectivity index (χ4v) is 1.63. The Hall–Kier alpha value is -0.160. The summed E-state index contributed by atoms with van der Waals surface area (Å²) in [5.41, 5.74) is -0.692. The van der Waals surface area contributed by atoms with E-state index in [1.807, 2.05) is 0 Å². The lowest BCUT2D eigenvalue weighted by Crippen LogP contribution is -2.52. The molecule has 0 spiro atoms. The van der Waals surface area contributed by atoms with Gasteiger partial charge >= 0.3 is 0 Å². The molecule has 4 atom stereocenters. The molecule has 0 radical (unpaired) electrons. The van der Waals surface area contributed by atoms with Crippen LogP contribution in [0.15, 0.2) is 0 Å². The Bertz CT molecular complexity index is 172. The third kappa shape index (κ3) is 0.980. The van der Waals surface area contributed by atoms with Crippen LogP contribution in [0.2, 0.25) is 0 Å². The van der Waals surface area contributed by atoms with Gasteiger partial charge in [0.1, 0.15) is 11.7 Å². The summed E-state index contributed by atoms with van der Waals surface area (Å²) in [7, 11) is 0. The fraction of sp³-hybridized carbons (Fsp3) is 1.00. The molecule has 64 valence electrons. The zero-order valence-corrected chi connectivity index (χ0v) is 6.36. The van der Waals surface area contributed by atoms with Crippen LogP contribution in [0.5, 0.6) is 0 Å². The zero-order valence-electron chi connectivity index (χ0n) is 6.36. The van der Waals surface area contributed by atoms with E-state index in [1.54, 1.807) is 6.92 Å². The highest BCUT2D eigenvalue weighted by Gasteiger charge is 2.51. The number of hydrogen-bond donors (Lipinski definition) is 2. The molecule has 2 rings (SSSR count). The molecular weight excluding hydrogens is 148 g/mol. The minimum atomic E-state index is -0.818. The minimum absolute atomic E-state index is 0.321. The Labute approximate surface area is 64.7 Å². The first-order chi connectivity index (χ1) is 5.12. The van der Waals surface area contributed by atoms with E-state index in [-0.39, 0.29) is 6.29 Å². The molecule has 0 saturated carbocycles. The molecule has 2 N–H and O–H groups in total. The molecule has 2 heterocycles. The van der Waals surface area contributed by atoms with E-state index in [2.05, 4.69) is 0 Å². The monoisotopic (exact) mass is 160 g/mol. The second-order valence-electron chi connectivity index (χ2n) is 3.42. The molecule has 0 aromatic heterocycles. The van der Waals surface area contributed by atoms with Crippen LogP contribution in [0.4, 0.5) is 0 Å². The summed E-state index contributed by atoms with van der Waals surface area (Å²) in [6, 6.07) is 0. The molecule has 2 aliphatic rings. The molecule has 11 heavy (non-hydrogen) atoms. The third-order valence-corrected chi connectivity index (χ3v) is 2.38. The molecule has 2 aliphatic heterocycles. The van der Waals surface area contributed by atoms with Crippen molar-refractivity contribution in [1.82, 2.24) is 0 Å². The van der Waals surface area contributed by atoms with Crippen LogP contribution < -0.4 is 0 Å². The number of aliphatic hydroxyl groups excluding tert-OH is 2. The molecule has 0 aromatic carbocycles. The summed E-state index contributed by atoms with van der Waals surface area (Å²) in [5, 5.41) is 18.8. The van der Waals surface area contributed by atoms with E-state index >= 15 is 0 Å². The lowest BCUT2D eigenvalue weighted by atomic mass is 9.92. The molecule has 0 unspecified atom stereocenters. The van der Waals surface area contributed by atoms with Crippen molar-refractivity contribution in [2.24, 2.45) is 0 Å². The smallest absolute Gasteiger partial charge is 0.161 e. The van der Waals surface area contributed by atoms with Crippen molar-refractivity contribution in [1.29, 1.82) is 0 Å². The molecule has 2 fully saturated rings. The van der Waals surface area contributed by atoms with Gasteiger partial charge < -0.3 is 19.7 Å². The summed E-state index contributed by atoms with van der Waals surface area (Å²) >= 11 is 0. The van der Waals surface area contributed by atoms with Crippen molar-refractivity contribution in [2.75, 3.05) is 6.61 Å². The van der Waals surface area contributed by atoms with E-state index in [0.717, 1.165) is 0 Å². The first-order valence-electron chi connectivity index (χ1n) is 3.77. The predicted octanol–water partition coefficient (Wildman–Crippen LogP) is -0.756. The van der Waals surface area contributed by atoms with Crippen molar-refractivity contribution >= 4 is 0 Å². The number of rotatable bonds is 0. The maximum absolute atomic E-state index is 9.47. The van der Waals surface area contributed by atoms with Crippen molar-refractivity contribution in [2.45, 2.75) is 37.4 Å². The van der Waals surface area contributed by atoms with Crippen molar-refractivity contribution in [3.05, 3.63) is 0 Å². The van der Waals surface area contributed by atoms with E-state index < -0.39 is 17.8 Å². The van der Waals surface area contributed by atoms with Crippen molar-refractivity contribution < 1.29 is 19.7 Å². The van der Waals surface area contributed by atoms with Gasteiger partial charge in [-0.25, -0.2) is 0 Å². The minimum Gasteiger partial charge on any atom is -0.390 e. The Morgan fingerprint density at radius 1 is 1.45 bits per heavy atom. The largest absolute Gasteiger partial charge is 0.390 e. The Kier molecular flexibility index (Phi) is 1.47. The highest BCUT2D eigenvalue weighted by molar-refractivity contribution is 4.96. The van der Waals surface area contributed by atoms with Gasteiger partial charge in [0, 0.05) is 6.42 Å². The van der Waals surface area contributed by atoms with Gasteiger partial charge in [0.25, 0.3) is 0 Å². The van der Waals surface area contributed by atoms with Crippen LogP contribution in [0.3, 0.4) is 0 Å². The third-order valence-electron chi connectivity index (χ3n) is 2.38. The number of aliphatic hydroxyl groups is 2. The number of fused-ring (bicyclic) bond motifs is 2. The summed E-state index contributed by atoms with van der Waals surface area (Å²) in [5.74, 6) is 0. The average molecular weight is 160 g/mol. The predicted molar refractivity (Wildman–Crippen MR) is 35.9 cm³/mol. The molecular formula is C7H12O4. The number of ether oxygens (including phenoxy) is 2. The normalized spacial score (nSPS) is 56.5. The SMILES string of the molecule is C[C@]12CO[C@H](C[C@@H](O)[C@H]1O)O2. The van der Waals surface area contributed by atoms with Gasteiger partial charge in [-0.3, -0.25) is 0 Å². The van der Waals surface area contributed by atoms with Crippen LogP contribution in [0, 0.1) is 0 Å². The maximum atomic E-state index is 9.47.